The van der Waals surface area contributed by atoms with E-state index in [9.17, 15) is 14.4 Å². The minimum absolute atomic E-state index is 0.104. The van der Waals surface area contributed by atoms with Crippen molar-refractivity contribution in [3.05, 3.63) is 29.3 Å². The quantitative estimate of drug-likeness (QED) is 0.724. The van der Waals surface area contributed by atoms with Crippen LogP contribution >= 0.6 is 0 Å². The van der Waals surface area contributed by atoms with E-state index in [1.165, 1.54) is 12.1 Å². The molecular formula is C20H26N4O4. The molecule has 2 aliphatic heterocycles. The molecule has 1 saturated heterocycles. The largest absolute Gasteiger partial charge is 0.468 e. The molecular weight excluding hydrogens is 360 g/mol. The van der Waals surface area contributed by atoms with Crippen molar-refractivity contribution in [2.45, 2.75) is 26.7 Å². The van der Waals surface area contributed by atoms with Gasteiger partial charge in [0.2, 0.25) is 5.91 Å². The number of esters is 1. The zero-order valence-corrected chi connectivity index (χ0v) is 16.6. The van der Waals surface area contributed by atoms with Gasteiger partial charge in [-0.3, -0.25) is 19.3 Å². The maximum atomic E-state index is 12.9. The SMILES string of the molecule is COC(=O)CN1CCN(C(=O)C2=NN(c3cc(C)ccc3C)C(=O)CC2)CC1. The molecule has 3 rings (SSSR count). The first-order valence-corrected chi connectivity index (χ1v) is 9.45. The summed E-state index contributed by atoms with van der Waals surface area (Å²) in [4.78, 5) is 40.4. The predicted molar refractivity (Wildman–Crippen MR) is 105 cm³/mol. The van der Waals surface area contributed by atoms with Gasteiger partial charge in [0.25, 0.3) is 5.91 Å². The van der Waals surface area contributed by atoms with E-state index in [2.05, 4.69) is 9.84 Å². The standard InChI is InChI=1S/C20H26N4O4/c1-14-4-5-15(2)17(12-14)24-18(25)7-6-16(21-24)20(27)23-10-8-22(9-11-23)13-19(26)28-3/h4-5,12H,6-11,13H2,1-3H3. The highest BCUT2D eigenvalue weighted by molar-refractivity contribution is 6.40. The van der Waals surface area contributed by atoms with Gasteiger partial charge in [-0.05, 0) is 31.0 Å². The molecule has 0 bridgehead atoms. The molecule has 2 amide bonds. The summed E-state index contributed by atoms with van der Waals surface area (Å²) in [6.07, 6.45) is 0.613. The van der Waals surface area contributed by atoms with E-state index < -0.39 is 0 Å². The van der Waals surface area contributed by atoms with Crippen LogP contribution in [-0.4, -0.2) is 73.1 Å². The summed E-state index contributed by atoms with van der Waals surface area (Å²) < 4.78 is 4.69. The van der Waals surface area contributed by atoms with Gasteiger partial charge < -0.3 is 9.64 Å². The zero-order chi connectivity index (χ0) is 20.3. The maximum absolute atomic E-state index is 12.9. The van der Waals surface area contributed by atoms with Crippen LogP contribution in [-0.2, 0) is 19.1 Å². The van der Waals surface area contributed by atoms with Gasteiger partial charge in [-0.1, -0.05) is 12.1 Å². The lowest BCUT2D eigenvalue weighted by Gasteiger charge is -2.35. The lowest BCUT2D eigenvalue weighted by Crippen LogP contribution is -2.52. The monoisotopic (exact) mass is 386 g/mol. The first-order chi connectivity index (χ1) is 13.4. The van der Waals surface area contributed by atoms with E-state index >= 15 is 0 Å². The van der Waals surface area contributed by atoms with E-state index in [4.69, 9.17) is 0 Å². The van der Waals surface area contributed by atoms with Crippen LogP contribution in [0.2, 0.25) is 0 Å². The molecule has 0 saturated carbocycles. The fourth-order valence-corrected chi connectivity index (χ4v) is 3.38. The number of hydrogen-bond acceptors (Lipinski definition) is 6. The zero-order valence-electron chi connectivity index (χ0n) is 16.6. The van der Waals surface area contributed by atoms with Crippen molar-refractivity contribution in [3.8, 4) is 0 Å². The summed E-state index contributed by atoms with van der Waals surface area (Å²) in [6.45, 7) is 6.36. The van der Waals surface area contributed by atoms with Crippen LogP contribution in [0.5, 0.6) is 0 Å². The number of aryl methyl sites for hydroxylation is 2. The number of rotatable bonds is 4. The number of methoxy groups -OCH3 is 1. The first kappa shape index (κ1) is 20.0. The van der Waals surface area contributed by atoms with E-state index in [1.807, 2.05) is 36.9 Å². The van der Waals surface area contributed by atoms with Crippen LogP contribution in [0.25, 0.3) is 0 Å². The van der Waals surface area contributed by atoms with Crippen LogP contribution in [0.3, 0.4) is 0 Å². The number of carbonyl (C=O) groups excluding carboxylic acids is 3. The number of amides is 2. The minimum atomic E-state index is -0.279. The van der Waals surface area contributed by atoms with Crippen LogP contribution < -0.4 is 5.01 Å². The summed E-state index contributed by atoms with van der Waals surface area (Å²) in [6, 6.07) is 5.84. The molecule has 8 heteroatoms. The Labute approximate surface area is 164 Å². The van der Waals surface area contributed by atoms with Crippen molar-refractivity contribution >= 4 is 29.2 Å². The van der Waals surface area contributed by atoms with E-state index in [0.717, 1.165) is 16.8 Å². The Morgan fingerprint density at radius 1 is 1.11 bits per heavy atom. The van der Waals surface area contributed by atoms with Gasteiger partial charge in [-0.2, -0.15) is 5.10 Å². The summed E-state index contributed by atoms with van der Waals surface area (Å²) in [5.41, 5.74) is 3.09. The third-order valence-corrected chi connectivity index (χ3v) is 5.11. The molecule has 0 aromatic heterocycles. The molecule has 28 heavy (non-hydrogen) atoms. The molecule has 0 atom stereocenters. The summed E-state index contributed by atoms with van der Waals surface area (Å²) >= 11 is 0. The lowest BCUT2D eigenvalue weighted by molar-refractivity contribution is -0.142. The van der Waals surface area contributed by atoms with Crippen molar-refractivity contribution < 1.29 is 19.1 Å². The van der Waals surface area contributed by atoms with Crippen molar-refractivity contribution in [1.29, 1.82) is 0 Å². The Hall–Kier alpha value is -2.74. The van der Waals surface area contributed by atoms with Crippen molar-refractivity contribution in [1.82, 2.24) is 9.80 Å². The highest BCUT2D eigenvalue weighted by atomic mass is 16.5. The molecule has 0 spiro atoms. The van der Waals surface area contributed by atoms with Gasteiger partial charge in [0.05, 0.1) is 19.3 Å². The van der Waals surface area contributed by atoms with Gasteiger partial charge >= 0.3 is 5.97 Å². The van der Waals surface area contributed by atoms with Crippen LogP contribution in [0.4, 0.5) is 5.69 Å². The minimum Gasteiger partial charge on any atom is -0.468 e. The van der Waals surface area contributed by atoms with E-state index in [0.29, 0.717) is 38.3 Å². The van der Waals surface area contributed by atoms with Crippen molar-refractivity contribution in [2.24, 2.45) is 5.10 Å². The number of piperazine rings is 1. The number of hydrazone groups is 1. The van der Waals surface area contributed by atoms with Crippen LogP contribution in [0.15, 0.2) is 23.3 Å². The molecule has 0 unspecified atom stereocenters. The van der Waals surface area contributed by atoms with Gasteiger partial charge in [-0.15, -0.1) is 0 Å². The van der Waals surface area contributed by atoms with Gasteiger partial charge in [0.15, 0.2) is 0 Å². The summed E-state index contributed by atoms with van der Waals surface area (Å²) in [7, 11) is 1.37. The van der Waals surface area contributed by atoms with Gasteiger partial charge in [-0.25, -0.2) is 5.01 Å². The third-order valence-electron chi connectivity index (χ3n) is 5.11. The second-order valence-electron chi connectivity index (χ2n) is 7.19. The Balaban J connectivity index is 1.71. The fraction of sp³-hybridized carbons (Fsp3) is 0.500. The van der Waals surface area contributed by atoms with Crippen LogP contribution in [0, 0.1) is 13.8 Å². The average molecular weight is 386 g/mol. The molecule has 2 aliphatic rings. The molecule has 0 radical (unpaired) electrons. The Kier molecular flexibility index (Phi) is 6.08. The smallest absolute Gasteiger partial charge is 0.319 e. The molecule has 0 aliphatic carbocycles. The molecule has 8 nitrogen and oxygen atoms in total. The molecule has 0 N–H and O–H groups in total. The van der Waals surface area contributed by atoms with Crippen molar-refractivity contribution in [3.63, 3.8) is 0 Å². The normalized spacial score (nSPS) is 18.1. The second kappa shape index (κ2) is 8.52. The Morgan fingerprint density at radius 3 is 2.50 bits per heavy atom. The highest BCUT2D eigenvalue weighted by Gasteiger charge is 2.30. The Bertz CT molecular complexity index is 812. The van der Waals surface area contributed by atoms with Gasteiger partial charge in [0, 0.05) is 39.0 Å². The summed E-state index contributed by atoms with van der Waals surface area (Å²) in [5, 5.41) is 5.78. The van der Waals surface area contributed by atoms with E-state index in [1.54, 1.807) is 4.90 Å². The molecule has 1 aromatic carbocycles. The number of nitrogens with zero attached hydrogens (tertiary/aromatic N) is 4. The molecule has 150 valence electrons. The van der Waals surface area contributed by atoms with Gasteiger partial charge in [0.1, 0.15) is 5.71 Å². The van der Waals surface area contributed by atoms with Crippen molar-refractivity contribution in [2.75, 3.05) is 44.8 Å². The Morgan fingerprint density at radius 2 is 1.82 bits per heavy atom. The van der Waals surface area contributed by atoms with Crippen LogP contribution in [0.1, 0.15) is 24.0 Å². The predicted octanol–water partition coefficient (Wildman–Crippen LogP) is 1.10. The number of anilines is 1. The number of carbonyl (C=O) groups is 3. The molecule has 1 aromatic rings. The molecule has 2 heterocycles. The third kappa shape index (κ3) is 4.39. The first-order valence-electron chi connectivity index (χ1n) is 9.45. The topological polar surface area (TPSA) is 82.5 Å². The number of ether oxygens (including phenoxy) is 1. The summed E-state index contributed by atoms with van der Waals surface area (Å²) in [5.74, 6) is -0.521. The number of benzene rings is 1. The molecule has 1 fully saturated rings. The highest BCUT2D eigenvalue weighted by Crippen LogP contribution is 2.25. The fourth-order valence-electron chi connectivity index (χ4n) is 3.38. The van der Waals surface area contributed by atoms with E-state index in [-0.39, 0.29) is 30.7 Å². The maximum Gasteiger partial charge on any atom is 0.319 e. The second-order valence-corrected chi connectivity index (χ2v) is 7.19. The average Bonchev–Trinajstić information content (AvgIpc) is 2.70. The number of hydrogen-bond donors (Lipinski definition) is 0. The lowest BCUT2D eigenvalue weighted by atomic mass is 10.1.